The number of benzene rings is 3. The SMILES string of the molecule is CCOc1ccc2ccccc2c1[C@@H]1N=C(N)Nc2nc3ccccc3n21. The molecular weight excluding hydrogens is 338 g/mol. The molecule has 27 heavy (non-hydrogen) atoms. The fraction of sp³-hybridized carbons (Fsp3) is 0.143. The molecule has 4 aromatic rings. The highest BCUT2D eigenvalue weighted by Gasteiger charge is 2.28. The lowest BCUT2D eigenvalue weighted by molar-refractivity contribution is 0.333. The predicted octanol–water partition coefficient (Wildman–Crippen LogP) is 3.88. The first-order chi connectivity index (χ1) is 13.3. The Morgan fingerprint density at radius 1 is 1.07 bits per heavy atom. The fourth-order valence-electron chi connectivity index (χ4n) is 3.73. The molecule has 134 valence electrons. The van der Waals surface area contributed by atoms with Crippen LogP contribution in [0.1, 0.15) is 18.7 Å². The molecule has 2 heterocycles. The second kappa shape index (κ2) is 6.02. The van der Waals surface area contributed by atoms with Gasteiger partial charge in [-0.25, -0.2) is 9.98 Å². The van der Waals surface area contributed by atoms with Crippen molar-refractivity contribution in [3.8, 4) is 5.75 Å². The summed E-state index contributed by atoms with van der Waals surface area (Å²) in [5.74, 6) is 1.84. The zero-order valence-corrected chi connectivity index (χ0v) is 14.9. The maximum absolute atomic E-state index is 6.11. The minimum absolute atomic E-state index is 0.346. The number of imidazole rings is 1. The highest BCUT2D eigenvalue weighted by atomic mass is 16.5. The molecule has 3 aromatic carbocycles. The van der Waals surface area contributed by atoms with Gasteiger partial charge in [0.05, 0.1) is 17.6 Å². The Bertz CT molecular complexity index is 1190. The van der Waals surface area contributed by atoms with E-state index in [1.54, 1.807) is 0 Å². The molecule has 1 atom stereocenters. The first-order valence-electron chi connectivity index (χ1n) is 8.98. The van der Waals surface area contributed by atoms with E-state index in [0.717, 1.165) is 33.1 Å². The first-order valence-corrected chi connectivity index (χ1v) is 8.98. The van der Waals surface area contributed by atoms with Gasteiger partial charge in [-0.3, -0.25) is 9.88 Å². The third-order valence-corrected chi connectivity index (χ3v) is 4.83. The largest absolute Gasteiger partial charge is 0.493 e. The molecule has 3 N–H and O–H groups in total. The van der Waals surface area contributed by atoms with Gasteiger partial charge in [-0.05, 0) is 35.9 Å². The van der Waals surface area contributed by atoms with Crippen molar-refractivity contribution in [3.63, 3.8) is 0 Å². The molecule has 0 aliphatic carbocycles. The fourth-order valence-corrected chi connectivity index (χ4v) is 3.73. The van der Waals surface area contributed by atoms with Crippen LogP contribution in [-0.4, -0.2) is 22.1 Å². The zero-order valence-electron chi connectivity index (χ0n) is 14.9. The van der Waals surface area contributed by atoms with E-state index in [4.69, 9.17) is 15.5 Å². The quantitative estimate of drug-likeness (QED) is 0.583. The van der Waals surface area contributed by atoms with E-state index in [0.29, 0.717) is 18.5 Å². The molecule has 5 rings (SSSR count). The van der Waals surface area contributed by atoms with Crippen molar-refractivity contribution in [2.45, 2.75) is 13.1 Å². The van der Waals surface area contributed by atoms with Gasteiger partial charge in [-0.2, -0.15) is 0 Å². The molecule has 0 radical (unpaired) electrons. The van der Waals surface area contributed by atoms with Crippen molar-refractivity contribution in [1.82, 2.24) is 9.55 Å². The number of aromatic nitrogens is 2. The third kappa shape index (κ3) is 2.41. The Labute approximate surface area is 156 Å². The Morgan fingerprint density at radius 2 is 1.89 bits per heavy atom. The zero-order chi connectivity index (χ0) is 18.4. The number of nitrogens with one attached hydrogen (secondary N) is 1. The van der Waals surface area contributed by atoms with Crippen LogP contribution in [0.15, 0.2) is 65.7 Å². The molecule has 0 saturated heterocycles. The summed E-state index contributed by atoms with van der Waals surface area (Å²) in [6.07, 6.45) is -0.360. The van der Waals surface area contributed by atoms with Crippen molar-refractivity contribution in [2.75, 3.05) is 11.9 Å². The van der Waals surface area contributed by atoms with Gasteiger partial charge in [0.15, 0.2) is 12.1 Å². The molecule has 1 aliphatic heterocycles. The van der Waals surface area contributed by atoms with Crippen LogP contribution < -0.4 is 15.8 Å². The van der Waals surface area contributed by atoms with E-state index < -0.39 is 0 Å². The first kappa shape index (κ1) is 15.7. The van der Waals surface area contributed by atoms with Gasteiger partial charge in [0.25, 0.3) is 0 Å². The third-order valence-electron chi connectivity index (χ3n) is 4.83. The van der Waals surface area contributed by atoms with Crippen LogP contribution in [-0.2, 0) is 0 Å². The lowest BCUT2D eigenvalue weighted by Crippen LogP contribution is -2.31. The summed E-state index contributed by atoms with van der Waals surface area (Å²) in [6.45, 7) is 2.56. The molecule has 0 spiro atoms. The minimum atomic E-state index is -0.360. The average molecular weight is 357 g/mol. The van der Waals surface area contributed by atoms with Gasteiger partial charge in [0.2, 0.25) is 5.95 Å². The van der Waals surface area contributed by atoms with E-state index >= 15 is 0 Å². The highest BCUT2D eigenvalue weighted by molar-refractivity contribution is 5.96. The summed E-state index contributed by atoms with van der Waals surface area (Å²) < 4.78 is 8.05. The Balaban J connectivity index is 1.85. The maximum Gasteiger partial charge on any atom is 0.212 e. The predicted molar refractivity (Wildman–Crippen MR) is 108 cm³/mol. The maximum atomic E-state index is 6.11. The van der Waals surface area contributed by atoms with Gasteiger partial charge in [0.1, 0.15) is 5.75 Å². The average Bonchev–Trinajstić information content (AvgIpc) is 3.05. The number of ether oxygens (including phenoxy) is 1. The van der Waals surface area contributed by atoms with E-state index in [1.807, 2.05) is 49.4 Å². The summed E-state index contributed by atoms with van der Waals surface area (Å²) in [6, 6.07) is 20.3. The number of anilines is 1. The van der Waals surface area contributed by atoms with Crippen LogP contribution in [0, 0.1) is 0 Å². The summed E-state index contributed by atoms with van der Waals surface area (Å²) in [5, 5.41) is 5.31. The van der Waals surface area contributed by atoms with Crippen molar-refractivity contribution in [3.05, 3.63) is 66.2 Å². The van der Waals surface area contributed by atoms with Crippen LogP contribution in [0.25, 0.3) is 21.8 Å². The van der Waals surface area contributed by atoms with Crippen LogP contribution >= 0.6 is 0 Å². The van der Waals surface area contributed by atoms with Crippen LogP contribution in [0.2, 0.25) is 0 Å². The molecule has 0 fully saturated rings. The molecule has 0 bridgehead atoms. The second-order valence-electron chi connectivity index (χ2n) is 6.44. The molecular formula is C21H19N5O. The number of hydrogen-bond donors (Lipinski definition) is 2. The lowest BCUT2D eigenvalue weighted by Gasteiger charge is -2.26. The van der Waals surface area contributed by atoms with Crippen molar-refractivity contribution in [2.24, 2.45) is 10.7 Å². The minimum Gasteiger partial charge on any atom is -0.493 e. The van der Waals surface area contributed by atoms with E-state index in [-0.39, 0.29) is 6.17 Å². The van der Waals surface area contributed by atoms with Gasteiger partial charge >= 0.3 is 0 Å². The number of rotatable bonds is 3. The van der Waals surface area contributed by atoms with Gasteiger partial charge in [0, 0.05) is 5.56 Å². The van der Waals surface area contributed by atoms with Crippen molar-refractivity contribution in [1.29, 1.82) is 0 Å². The molecule has 6 nitrogen and oxygen atoms in total. The van der Waals surface area contributed by atoms with Gasteiger partial charge < -0.3 is 10.5 Å². The van der Waals surface area contributed by atoms with Crippen molar-refractivity contribution >= 4 is 33.7 Å². The van der Waals surface area contributed by atoms with E-state index in [2.05, 4.69) is 33.1 Å². The number of nitrogens with two attached hydrogens (primary N) is 1. The standard InChI is InChI=1S/C21H19N5O/c1-2-27-17-12-11-13-7-3-4-8-14(13)18(17)19-24-20(22)25-21-23-15-9-5-6-10-16(15)26(19)21/h3-12,19H,2H2,1H3,(H3,22,23,24,25)/t19-/m1/s1. The molecule has 0 saturated carbocycles. The number of nitrogens with zero attached hydrogens (tertiary/aromatic N) is 3. The summed E-state index contributed by atoms with van der Waals surface area (Å²) in [4.78, 5) is 9.42. The normalized spacial score (nSPS) is 16.0. The monoisotopic (exact) mass is 357 g/mol. The van der Waals surface area contributed by atoms with Gasteiger partial charge in [-0.15, -0.1) is 0 Å². The summed E-state index contributed by atoms with van der Waals surface area (Å²) in [5.41, 5.74) is 8.99. The van der Waals surface area contributed by atoms with E-state index in [9.17, 15) is 0 Å². The van der Waals surface area contributed by atoms with Crippen LogP contribution in [0.3, 0.4) is 0 Å². The van der Waals surface area contributed by atoms with Crippen LogP contribution in [0.4, 0.5) is 5.95 Å². The number of hydrogen-bond acceptors (Lipinski definition) is 5. The molecule has 6 heteroatoms. The van der Waals surface area contributed by atoms with E-state index in [1.165, 1.54) is 0 Å². The Kier molecular flexibility index (Phi) is 3.50. The summed E-state index contributed by atoms with van der Waals surface area (Å²) in [7, 11) is 0. The molecule has 0 unspecified atom stereocenters. The lowest BCUT2D eigenvalue weighted by atomic mass is 10.0. The second-order valence-corrected chi connectivity index (χ2v) is 6.44. The smallest absolute Gasteiger partial charge is 0.212 e. The molecule has 1 aromatic heterocycles. The topological polar surface area (TPSA) is 77.5 Å². The molecule has 0 amide bonds. The Hall–Kier alpha value is -3.54. The number of fused-ring (bicyclic) bond motifs is 4. The molecule has 1 aliphatic rings. The number of guanidine groups is 1. The highest BCUT2D eigenvalue weighted by Crippen LogP contribution is 2.40. The number of aliphatic imine (C=N–C) groups is 1. The van der Waals surface area contributed by atoms with Crippen LogP contribution in [0.5, 0.6) is 5.75 Å². The summed E-state index contributed by atoms with van der Waals surface area (Å²) >= 11 is 0. The van der Waals surface area contributed by atoms with Gasteiger partial charge in [-0.1, -0.05) is 42.5 Å². The van der Waals surface area contributed by atoms with Crippen molar-refractivity contribution < 1.29 is 4.74 Å². The number of para-hydroxylation sites is 2. The Morgan fingerprint density at radius 3 is 2.78 bits per heavy atom.